The van der Waals surface area contributed by atoms with Crippen LogP contribution >= 0.6 is 0 Å². The van der Waals surface area contributed by atoms with Gasteiger partial charge in [0.05, 0.1) is 0 Å². The Morgan fingerprint density at radius 3 is 2.25 bits per heavy atom. The Hall–Kier alpha value is -2.13. The third kappa shape index (κ3) is 2.46. The molecule has 1 heterocycles. The molecule has 16 heavy (non-hydrogen) atoms. The van der Waals surface area contributed by atoms with E-state index in [1.165, 1.54) is 9.97 Å². The van der Waals surface area contributed by atoms with Crippen molar-refractivity contribution in [2.45, 2.75) is 6.18 Å². The molecule has 1 aromatic rings. The molecule has 0 aliphatic heterocycles. The number of aromatic nitrogens is 2. The number of hydrogen-bond acceptors (Lipinski definition) is 4. The van der Waals surface area contributed by atoms with E-state index >= 15 is 0 Å². The number of ether oxygens (including phenoxy) is 1. The summed E-state index contributed by atoms with van der Waals surface area (Å²) in [5.41, 5.74) is -2.91. The molecule has 10 heteroatoms. The van der Waals surface area contributed by atoms with Crippen LogP contribution in [0.15, 0.2) is 9.59 Å². The molecule has 0 saturated heterocycles. The molecular formula is C6H2F4N2O4. The number of esters is 1. The van der Waals surface area contributed by atoms with Crippen molar-refractivity contribution in [3.05, 3.63) is 26.7 Å². The zero-order valence-electron chi connectivity index (χ0n) is 7.14. The Balaban J connectivity index is 3.13. The number of carbonyl (C=O) groups is 1. The monoisotopic (exact) mass is 242 g/mol. The van der Waals surface area contributed by atoms with E-state index in [0.29, 0.717) is 0 Å². The Kier molecular flexibility index (Phi) is 2.83. The van der Waals surface area contributed by atoms with Gasteiger partial charge in [-0.15, -0.1) is 0 Å². The van der Waals surface area contributed by atoms with Gasteiger partial charge in [-0.25, -0.2) is 9.59 Å². The second-order valence-corrected chi connectivity index (χ2v) is 2.44. The Bertz CT molecular complexity index is 529. The molecule has 88 valence electrons. The molecule has 0 spiro atoms. The van der Waals surface area contributed by atoms with Crippen molar-refractivity contribution >= 4 is 5.97 Å². The van der Waals surface area contributed by atoms with Crippen molar-refractivity contribution in [2.75, 3.05) is 0 Å². The third-order valence-corrected chi connectivity index (χ3v) is 1.28. The highest BCUT2D eigenvalue weighted by molar-refractivity contribution is 5.77. The fourth-order valence-corrected chi connectivity index (χ4v) is 0.671. The van der Waals surface area contributed by atoms with Gasteiger partial charge in [0.1, 0.15) is 0 Å². The molecule has 0 amide bonds. The highest BCUT2D eigenvalue weighted by Gasteiger charge is 2.42. The van der Waals surface area contributed by atoms with Crippen LogP contribution in [-0.4, -0.2) is 22.1 Å². The quantitative estimate of drug-likeness (QED) is 0.521. The van der Waals surface area contributed by atoms with Crippen LogP contribution in [0.2, 0.25) is 0 Å². The van der Waals surface area contributed by atoms with E-state index in [0.717, 1.165) is 0 Å². The fourth-order valence-electron chi connectivity index (χ4n) is 0.671. The summed E-state index contributed by atoms with van der Waals surface area (Å²) >= 11 is 0. The van der Waals surface area contributed by atoms with Crippen LogP contribution < -0.4 is 16.0 Å². The first-order valence-corrected chi connectivity index (χ1v) is 3.53. The normalized spacial score (nSPS) is 11.2. The van der Waals surface area contributed by atoms with Crippen LogP contribution in [0.3, 0.4) is 0 Å². The Morgan fingerprint density at radius 2 is 1.75 bits per heavy atom. The molecule has 0 aliphatic rings. The number of nitrogens with one attached hydrogen (secondary N) is 2. The van der Waals surface area contributed by atoms with Crippen LogP contribution in [0.25, 0.3) is 0 Å². The maximum Gasteiger partial charge on any atom is 0.491 e. The van der Waals surface area contributed by atoms with Crippen LogP contribution in [0, 0.1) is 5.82 Å². The first-order chi connectivity index (χ1) is 7.21. The van der Waals surface area contributed by atoms with Crippen molar-refractivity contribution in [1.82, 2.24) is 9.97 Å². The topological polar surface area (TPSA) is 92.0 Å². The van der Waals surface area contributed by atoms with Crippen molar-refractivity contribution < 1.29 is 27.1 Å². The van der Waals surface area contributed by atoms with E-state index < -0.39 is 35.1 Å². The van der Waals surface area contributed by atoms with Gasteiger partial charge in [-0.2, -0.15) is 17.6 Å². The highest BCUT2D eigenvalue weighted by atomic mass is 19.4. The summed E-state index contributed by atoms with van der Waals surface area (Å²) in [4.78, 5) is 34.1. The summed E-state index contributed by atoms with van der Waals surface area (Å²) < 4.78 is 51.3. The lowest BCUT2D eigenvalue weighted by atomic mass is 10.5. The minimum Gasteiger partial charge on any atom is -0.399 e. The molecule has 1 rings (SSSR count). The van der Waals surface area contributed by atoms with E-state index in [2.05, 4.69) is 4.74 Å². The van der Waals surface area contributed by atoms with Gasteiger partial charge in [-0.1, -0.05) is 0 Å². The summed E-state index contributed by atoms with van der Waals surface area (Å²) in [6.45, 7) is 0. The first-order valence-electron chi connectivity index (χ1n) is 3.53. The number of halogens is 4. The lowest BCUT2D eigenvalue weighted by Gasteiger charge is -2.05. The summed E-state index contributed by atoms with van der Waals surface area (Å²) in [5, 5.41) is 0. The maximum absolute atomic E-state index is 12.8. The van der Waals surface area contributed by atoms with E-state index in [1.54, 1.807) is 0 Å². The first kappa shape index (κ1) is 11.9. The van der Waals surface area contributed by atoms with Gasteiger partial charge in [0.2, 0.25) is 11.7 Å². The average Bonchev–Trinajstić information content (AvgIpc) is 2.11. The molecule has 0 atom stereocenters. The van der Waals surface area contributed by atoms with Crippen LogP contribution in [0.4, 0.5) is 17.6 Å². The second kappa shape index (κ2) is 3.79. The van der Waals surface area contributed by atoms with E-state index in [-0.39, 0.29) is 0 Å². The lowest BCUT2D eigenvalue weighted by Crippen LogP contribution is -2.32. The van der Waals surface area contributed by atoms with Crippen LogP contribution in [0.1, 0.15) is 0 Å². The molecule has 2 N–H and O–H groups in total. The van der Waals surface area contributed by atoms with Crippen LogP contribution in [-0.2, 0) is 4.79 Å². The molecule has 1 aromatic heterocycles. The lowest BCUT2D eigenvalue weighted by molar-refractivity contribution is -0.190. The van der Waals surface area contributed by atoms with Crippen molar-refractivity contribution in [3.63, 3.8) is 0 Å². The van der Waals surface area contributed by atoms with Gasteiger partial charge in [0.15, 0.2) is 0 Å². The number of hydrogen-bond donors (Lipinski definition) is 2. The Labute approximate surface area is 82.9 Å². The van der Waals surface area contributed by atoms with Crippen molar-refractivity contribution in [1.29, 1.82) is 0 Å². The molecule has 0 aromatic carbocycles. The standard InChI is InChI=1S/C6H2F4N2O4/c7-1-2(13)11-5(15)12-3(1)16-4(14)6(8,9)10/h(H2,11,12,13,15). The van der Waals surface area contributed by atoms with Gasteiger partial charge >= 0.3 is 17.8 Å². The number of alkyl halides is 3. The summed E-state index contributed by atoms with van der Waals surface area (Å²) in [7, 11) is 0. The average molecular weight is 242 g/mol. The minimum atomic E-state index is -5.37. The summed E-state index contributed by atoms with van der Waals surface area (Å²) in [6.07, 6.45) is -5.37. The highest BCUT2D eigenvalue weighted by Crippen LogP contribution is 2.18. The summed E-state index contributed by atoms with van der Waals surface area (Å²) in [6, 6.07) is 0. The molecule has 0 fully saturated rings. The zero-order chi connectivity index (χ0) is 12.5. The Morgan fingerprint density at radius 1 is 1.19 bits per heavy atom. The molecule has 6 nitrogen and oxygen atoms in total. The van der Waals surface area contributed by atoms with Crippen molar-refractivity contribution in [3.8, 4) is 5.88 Å². The van der Waals surface area contributed by atoms with E-state index in [9.17, 15) is 31.9 Å². The van der Waals surface area contributed by atoms with Crippen molar-refractivity contribution in [2.24, 2.45) is 0 Å². The van der Waals surface area contributed by atoms with Gasteiger partial charge in [0, 0.05) is 0 Å². The molecule has 0 saturated carbocycles. The van der Waals surface area contributed by atoms with Gasteiger partial charge in [-0.3, -0.25) is 14.8 Å². The predicted octanol–water partition coefficient (Wildman–Crippen LogP) is -0.330. The molecule has 0 aliphatic carbocycles. The second-order valence-electron chi connectivity index (χ2n) is 2.44. The summed E-state index contributed by atoms with van der Waals surface area (Å²) in [5.74, 6) is -6.08. The fraction of sp³-hybridized carbons (Fsp3) is 0.167. The molecular weight excluding hydrogens is 240 g/mol. The smallest absolute Gasteiger partial charge is 0.399 e. The minimum absolute atomic E-state index is 1.31. The van der Waals surface area contributed by atoms with Gasteiger partial charge in [0.25, 0.3) is 5.56 Å². The van der Waals surface area contributed by atoms with Gasteiger partial charge in [-0.05, 0) is 0 Å². The predicted molar refractivity (Wildman–Crippen MR) is 39.3 cm³/mol. The largest absolute Gasteiger partial charge is 0.491 e. The SMILES string of the molecule is O=C(Oc1[nH]c(=O)[nH]c(=O)c1F)C(F)(F)F. The van der Waals surface area contributed by atoms with Crippen LogP contribution in [0.5, 0.6) is 5.88 Å². The molecule has 0 bridgehead atoms. The van der Waals surface area contributed by atoms with Gasteiger partial charge < -0.3 is 4.74 Å². The number of rotatable bonds is 1. The third-order valence-electron chi connectivity index (χ3n) is 1.28. The number of H-pyrrole nitrogens is 2. The number of carbonyl (C=O) groups excluding carboxylic acids is 1. The molecule has 0 radical (unpaired) electrons. The van der Waals surface area contributed by atoms with E-state index in [4.69, 9.17) is 0 Å². The maximum atomic E-state index is 12.8. The number of aromatic amines is 2. The molecule has 0 unspecified atom stereocenters. The zero-order valence-corrected chi connectivity index (χ0v) is 7.14. The van der Waals surface area contributed by atoms with E-state index in [1.807, 2.05) is 0 Å².